The van der Waals surface area contributed by atoms with Gasteiger partial charge in [-0.15, -0.1) is 18.1 Å². The van der Waals surface area contributed by atoms with Crippen molar-refractivity contribution < 1.29 is 9.53 Å². The van der Waals surface area contributed by atoms with Gasteiger partial charge in [0, 0.05) is 38.3 Å². The highest BCUT2D eigenvalue weighted by molar-refractivity contribution is 6.74. The lowest BCUT2D eigenvalue weighted by molar-refractivity contribution is 0.00509. The summed E-state index contributed by atoms with van der Waals surface area (Å²) in [5.74, 6) is 0.224. The SMILES string of the molecule is CC(C)(C)[Si-](C)(C)O[C@@H]1CCN(Cc2ccccc2)C[C@H]1CO. The summed E-state index contributed by atoms with van der Waals surface area (Å²) in [6.45, 7) is 14.6. The molecule has 131 valence electrons. The van der Waals surface area contributed by atoms with Gasteiger partial charge >= 0.3 is 0 Å². The number of hydrogen-bond acceptors (Lipinski definition) is 3. The van der Waals surface area contributed by atoms with Crippen LogP contribution in [0.2, 0.25) is 18.1 Å². The van der Waals surface area contributed by atoms with E-state index in [1.807, 2.05) is 0 Å². The van der Waals surface area contributed by atoms with Crippen molar-refractivity contribution >= 4 is 8.32 Å². The molecule has 1 N–H and O–H groups in total. The maximum absolute atomic E-state index is 9.85. The average Bonchev–Trinajstić information content (AvgIpc) is 2.48. The van der Waals surface area contributed by atoms with Crippen LogP contribution in [0, 0.1) is 5.92 Å². The second kappa shape index (κ2) is 7.47. The Morgan fingerprint density at radius 1 is 1.22 bits per heavy atom. The average molecular weight is 336 g/mol. The van der Waals surface area contributed by atoms with Crippen LogP contribution in [-0.4, -0.2) is 44.1 Å². The smallest absolute Gasteiger partial charge is 0.0494 e. The summed E-state index contributed by atoms with van der Waals surface area (Å²) in [7, 11) is -1.78. The molecule has 2 rings (SSSR count). The molecule has 1 aliphatic rings. The number of aliphatic hydroxyl groups excluding tert-OH is 1. The maximum atomic E-state index is 9.85. The highest BCUT2D eigenvalue weighted by Gasteiger charge is 2.33. The van der Waals surface area contributed by atoms with E-state index in [1.165, 1.54) is 5.56 Å². The topological polar surface area (TPSA) is 32.7 Å². The van der Waals surface area contributed by atoms with E-state index in [1.54, 1.807) is 0 Å². The van der Waals surface area contributed by atoms with E-state index in [0.717, 1.165) is 26.1 Å². The lowest BCUT2D eigenvalue weighted by atomic mass is 9.95. The largest absolute Gasteiger partial charge is 0.562 e. The third-order valence-electron chi connectivity index (χ3n) is 5.48. The first-order valence-electron chi connectivity index (χ1n) is 8.78. The second-order valence-corrected chi connectivity index (χ2v) is 13.1. The monoisotopic (exact) mass is 335 g/mol. The van der Waals surface area contributed by atoms with E-state index >= 15 is 0 Å². The minimum atomic E-state index is -1.78. The first-order chi connectivity index (χ1) is 10.7. The molecule has 1 heterocycles. The van der Waals surface area contributed by atoms with Crippen molar-refractivity contribution in [1.29, 1.82) is 0 Å². The molecule has 0 amide bonds. The van der Waals surface area contributed by atoms with Crippen LogP contribution in [0.4, 0.5) is 0 Å². The third kappa shape index (κ3) is 4.89. The Morgan fingerprint density at radius 3 is 2.43 bits per heavy atom. The fourth-order valence-electron chi connectivity index (χ4n) is 2.96. The van der Waals surface area contributed by atoms with Crippen LogP contribution in [-0.2, 0) is 11.0 Å². The first kappa shape index (κ1) is 18.7. The Bertz CT molecular complexity index is 484. The van der Waals surface area contributed by atoms with Crippen LogP contribution in [0.25, 0.3) is 0 Å². The molecule has 0 spiro atoms. The van der Waals surface area contributed by atoms with Crippen molar-refractivity contribution in [3.63, 3.8) is 0 Å². The predicted octanol–water partition coefficient (Wildman–Crippen LogP) is 3.89. The van der Waals surface area contributed by atoms with Gasteiger partial charge in [0.05, 0.1) is 0 Å². The molecule has 1 aliphatic heterocycles. The molecule has 0 aromatic heterocycles. The molecule has 1 aromatic rings. The number of likely N-dealkylation sites (tertiary alicyclic amines) is 1. The molecule has 0 bridgehead atoms. The zero-order chi connectivity index (χ0) is 17.1. The van der Waals surface area contributed by atoms with Gasteiger partial charge in [0.25, 0.3) is 0 Å². The van der Waals surface area contributed by atoms with E-state index in [4.69, 9.17) is 4.43 Å². The summed E-state index contributed by atoms with van der Waals surface area (Å²) in [5, 5.41) is 10.1. The number of rotatable bonds is 5. The Hall–Kier alpha value is -0.683. The highest BCUT2D eigenvalue weighted by Crippen LogP contribution is 2.39. The van der Waals surface area contributed by atoms with Crippen molar-refractivity contribution in [3.05, 3.63) is 35.9 Å². The van der Waals surface area contributed by atoms with Crippen molar-refractivity contribution in [2.45, 2.75) is 58.0 Å². The minimum Gasteiger partial charge on any atom is -0.562 e. The van der Waals surface area contributed by atoms with Gasteiger partial charge in [-0.1, -0.05) is 51.1 Å². The van der Waals surface area contributed by atoms with Crippen LogP contribution in [0.15, 0.2) is 30.3 Å². The van der Waals surface area contributed by atoms with E-state index in [0.29, 0.717) is 0 Å². The van der Waals surface area contributed by atoms with Gasteiger partial charge in [0.15, 0.2) is 0 Å². The molecule has 2 atom stereocenters. The lowest BCUT2D eigenvalue weighted by Gasteiger charge is -2.53. The van der Waals surface area contributed by atoms with Gasteiger partial charge in [-0.25, -0.2) is 0 Å². The lowest BCUT2D eigenvalue weighted by Crippen LogP contribution is -2.52. The number of benzene rings is 1. The van der Waals surface area contributed by atoms with Crippen molar-refractivity contribution in [1.82, 2.24) is 4.90 Å². The van der Waals surface area contributed by atoms with Gasteiger partial charge in [0.1, 0.15) is 0 Å². The molecular formula is C19H33NO2Si-. The summed E-state index contributed by atoms with van der Waals surface area (Å²) >= 11 is 0. The molecule has 0 aliphatic carbocycles. The van der Waals surface area contributed by atoms with E-state index in [-0.39, 0.29) is 23.7 Å². The number of piperidine rings is 1. The molecule has 0 radical (unpaired) electrons. The van der Waals surface area contributed by atoms with Crippen LogP contribution >= 0.6 is 0 Å². The molecule has 1 saturated heterocycles. The van der Waals surface area contributed by atoms with E-state index in [2.05, 4.69) is 69.1 Å². The van der Waals surface area contributed by atoms with Crippen molar-refractivity contribution in [2.75, 3.05) is 19.7 Å². The molecule has 23 heavy (non-hydrogen) atoms. The molecule has 0 unspecified atom stereocenters. The first-order valence-corrected chi connectivity index (χ1v) is 11.7. The van der Waals surface area contributed by atoms with Gasteiger partial charge in [-0.2, -0.15) is 0 Å². The molecule has 0 saturated carbocycles. The fraction of sp³-hybridized carbons (Fsp3) is 0.684. The Morgan fingerprint density at radius 2 is 1.87 bits per heavy atom. The van der Waals surface area contributed by atoms with Gasteiger partial charge < -0.3 is 9.53 Å². The molecule has 1 aromatic carbocycles. The number of nitrogens with zero attached hydrogens (tertiary/aromatic N) is 1. The summed E-state index contributed by atoms with van der Waals surface area (Å²) in [5.41, 5.74) is 1.34. The molecule has 3 nitrogen and oxygen atoms in total. The van der Waals surface area contributed by atoms with Gasteiger partial charge in [-0.05, 0) is 20.3 Å². The Labute approximate surface area is 142 Å². The van der Waals surface area contributed by atoms with Gasteiger partial charge in [0.2, 0.25) is 0 Å². The molecule has 1 fully saturated rings. The number of hydrogen-bond donors (Lipinski definition) is 1. The summed E-state index contributed by atoms with van der Waals surface area (Å²) < 4.78 is 6.60. The quantitative estimate of drug-likeness (QED) is 0.829. The summed E-state index contributed by atoms with van der Waals surface area (Å²) in [6.07, 6.45) is 1.22. The molecule has 4 heteroatoms. The summed E-state index contributed by atoms with van der Waals surface area (Å²) in [4.78, 5) is 2.45. The predicted molar refractivity (Wildman–Crippen MR) is 99.0 cm³/mol. The number of aliphatic hydroxyl groups is 1. The fourth-order valence-corrected chi connectivity index (χ4v) is 4.38. The van der Waals surface area contributed by atoms with Crippen LogP contribution < -0.4 is 0 Å². The third-order valence-corrected chi connectivity index (χ3v) is 9.99. The zero-order valence-electron chi connectivity index (χ0n) is 15.4. The van der Waals surface area contributed by atoms with Crippen LogP contribution in [0.5, 0.6) is 0 Å². The minimum absolute atomic E-state index is 0.202. The summed E-state index contributed by atoms with van der Waals surface area (Å²) in [6, 6.07) is 10.6. The van der Waals surface area contributed by atoms with Crippen molar-refractivity contribution in [3.8, 4) is 0 Å². The van der Waals surface area contributed by atoms with Gasteiger partial charge in [-0.3, -0.25) is 4.90 Å². The van der Waals surface area contributed by atoms with E-state index < -0.39 is 8.32 Å². The van der Waals surface area contributed by atoms with Crippen molar-refractivity contribution in [2.24, 2.45) is 5.92 Å². The standard InChI is InChI=1S/C19H33NO2Si/c1-19(2,3)23(4,5)22-18-11-12-20(14-17(18)15-21)13-16-9-7-6-8-10-16/h6-10,17-18,21H,11-15H2,1-5H3/q-1/t17-,18+/m0/s1. The second-order valence-electron chi connectivity index (χ2n) is 8.37. The Kier molecular flexibility index (Phi) is 6.06. The normalized spacial score (nSPS) is 23.9. The highest BCUT2D eigenvalue weighted by atomic mass is 28.4. The molecular weight excluding hydrogens is 302 g/mol. The zero-order valence-corrected chi connectivity index (χ0v) is 16.4. The Balaban J connectivity index is 1.96. The van der Waals surface area contributed by atoms with Crippen LogP contribution in [0.1, 0.15) is 32.8 Å². The van der Waals surface area contributed by atoms with Crippen LogP contribution in [0.3, 0.4) is 0 Å². The maximum Gasteiger partial charge on any atom is 0.0494 e. The van der Waals surface area contributed by atoms with E-state index in [9.17, 15) is 5.11 Å².